The van der Waals surface area contributed by atoms with Gasteiger partial charge in [0, 0.05) is 5.41 Å². The molecular formula is C15H17F3N2O4. The van der Waals surface area contributed by atoms with Crippen molar-refractivity contribution >= 4 is 0 Å². The molecule has 0 aliphatic rings. The van der Waals surface area contributed by atoms with Crippen molar-refractivity contribution in [2.75, 3.05) is 0 Å². The minimum Gasteiger partial charge on any atom is -0.406 e. The molecule has 0 amide bonds. The predicted octanol–water partition coefficient (Wildman–Crippen LogP) is 2.77. The largest absolute Gasteiger partial charge is 0.573 e. The Labute approximate surface area is 135 Å². The maximum absolute atomic E-state index is 12.1. The third-order valence-corrected chi connectivity index (χ3v) is 3.09. The predicted molar refractivity (Wildman–Crippen MR) is 77.5 cm³/mol. The van der Waals surface area contributed by atoms with Crippen LogP contribution in [0.4, 0.5) is 13.2 Å². The lowest BCUT2D eigenvalue weighted by Gasteiger charge is -2.13. The van der Waals surface area contributed by atoms with E-state index < -0.39 is 29.4 Å². The number of aliphatic hydroxyl groups is 1. The van der Waals surface area contributed by atoms with Gasteiger partial charge < -0.3 is 14.3 Å². The quantitative estimate of drug-likeness (QED) is 0.921. The SMILES string of the molecule is CC(C)(C)c1nn(CC(O)c2ccc(OC(F)(F)F)cc2)c(=O)o1. The third kappa shape index (κ3) is 4.60. The summed E-state index contributed by atoms with van der Waals surface area (Å²) in [6.45, 7) is 5.27. The first kappa shape index (κ1) is 18.1. The van der Waals surface area contributed by atoms with Crippen molar-refractivity contribution < 1.29 is 27.4 Å². The molecule has 0 fully saturated rings. The Morgan fingerprint density at radius 2 is 1.83 bits per heavy atom. The molecule has 1 aromatic carbocycles. The number of halogens is 3. The van der Waals surface area contributed by atoms with Gasteiger partial charge in [0.05, 0.1) is 12.6 Å². The molecule has 0 bridgehead atoms. The molecule has 2 aromatic rings. The molecule has 1 atom stereocenters. The van der Waals surface area contributed by atoms with E-state index in [2.05, 4.69) is 9.84 Å². The molecule has 0 radical (unpaired) electrons. The highest BCUT2D eigenvalue weighted by Gasteiger charge is 2.31. The van der Waals surface area contributed by atoms with Gasteiger partial charge in [-0.3, -0.25) is 0 Å². The molecule has 1 heterocycles. The highest BCUT2D eigenvalue weighted by Crippen LogP contribution is 2.25. The Hall–Kier alpha value is -2.29. The molecule has 0 spiro atoms. The van der Waals surface area contributed by atoms with E-state index >= 15 is 0 Å². The van der Waals surface area contributed by atoms with Crippen LogP contribution in [0.2, 0.25) is 0 Å². The smallest absolute Gasteiger partial charge is 0.406 e. The van der Waals surface area contributed by atoms with E-state index in [0.29, 0.717) is 5.56 Å². The van der Waals surface area contributed by atoms with E-state index in [-0.39, 0.29) is 12.4 Å². The van der Waals surface area contributed by atoms with Crippen LogP contribution in [0.1, 0.15) is 38.3 Å². The number of hydrogen-bond donors (Lipinski definition) is 1. The monoisotopic (exact) mass is 346 g/mol. The summed E-state index contributed by atoms with van der Waals surface area (Å²) in [4.78, 5) is 11.7. The molecule has 0 saturated heterocycles. The van der Waals surface area contributed by atoms with Crippen molar-refractivity contribution in [1.82, 2.24) is 9.78 Å². The molecule has 1 unspecified atom stereocenters. The zero-order chi connectivity index (χ0) is 18.1. The molecular weight excluding hydrogens is 329 g/mol. The van der Waals surface area contributed by atoms with Gasteiger partial charge in [0.2, 0.25) is 5.89 Å². The Balaban J connectivity index is 2.11. The molecule has 0 saturated carbocycles. The second kappa shape index (κ2) is 6.31. The van der Waals surface area contributed by atoms with Crippen LogP contribution in [0.5, 0.6) is 5.75 Å². The number of hydrogen-bond acceptors (Lipinski definition) is 5. The minimum atomic E-state index is -4.78. The van der Waals surface area contributed by atoms with Crippen LogP contribution in [0.3, 0.4) is 0 Å². The van der Waals surface area contributed by atoms with Crippen molar-refractivity contribution in [3.8, 4) is 5.75 Å². The number of benzene rings is 1. The molecule has 1 aromatic heterocycles. The van der Waals surface area contributed by atoms with Crippen LogP contribution in [0.25, 0.3) is 0 Å². The fraction of sp³-hybridized carbons (Fsp3) is 0.467. The van der Waals surface area contributed by atoms with Crippen LogP contribution >= 0.6 is 0 Å². The topological polar surface area (TPSA) is 77.5 Å². The maximum Gasteiger partial charge on any atom is 0.573 e. The van der Waals surface area contributed by atoms with Crippen LogP contribution in [0, 0.1) is 0 Å². The van der Waals surface area contributed by atoms with E-state index in [1.165, 1.54) is 12.1 Å². The zero-order valence-corrected chi connectivity index (χ0v) is 13.3. The van der Waals surface area contributed by atoms with Crippen LogP contribution in [-0.2, 0) is 12.0 Å². The van der Waals surface area contributed by atoms with Crippen molar-refractivity contribution in [1.29, 1.82) is 0 Å². The number of rotatable bonds is 4. The van der Waals surface area contributed by atoms with E-state index in [4.69, 9.17) is 4.42 Å². The summed E-state index contributed by atoms with van der Waals surface area (Å²) in [7, 11) is 0. The van der Waals surface area contributed by atoms with Gasteiger partial charge in [0.25, 0.3) is 0 Å². The Morgan fingerprint density at radius 1 is 1.25 bits per heavy atom. The van der Waals surface area contributed by atoms with Gasteiger partial charge in [0.15, 0.2) is 0 Å². The fourth-order valence-corrected chi connectivity index (χ4v) is 1.89. The van der Waals surface area contributed by atoms with Gasteiger partial charge in [-0.15, -0.1) is 18.3 Å². The van der Waals surface area contributed by atoms with Crippen molar-refractivity contribution in [2.24, 2.45) is 0 Å². The first-order chi connectivity index (χ1) is 11.0. The summed E-state index contributed by atoms with van der Waals surface area (Å²) in [5.41, 5.74) is -0.150. The van der Waals surface area contributed by atoms with Crippen molar-refractivity contribution in [2.45, 2.75) is 45.2 Å². The summed E-state index contributed by atoms with van der Waals surface area (Å²) in [5, 5.41) is 14.1. The van der Waals surface area contributed by atoms with Gasteiger partial charge in [-0.1, -0.05) is 32.9 Å². The van der Waals surface area contributed by atoms with E-state index in [1.54, 1.807) is 0 Å². The summed E-state index contributed by atoms with van der Waals surface area (Å²) in [5.74, 6) is -0.878. The Morgan fingerprint density at radius 3 is 2.29 bits per heavy atom. The molecule has 2 rings (SSSR count). The van der Waals surface area contributed by atoms with Gasteiger partial charge in [-0.05, 0) is 17.7 Å². The lowest BCUT2D eigenvalue weighted by molar-refractivity contribution is -0.274. The Bertz CT molecular complexity index is 742. The number of aliphatic hydroxyl groups excluding tert-OH is 1. The normalized spacial score (nSPS) is 13.8. The number of ether oxygens (including phenoxy) is 1. The van der Waals surface area contributed by atoms with Gasteiger partial charge in [-0.25, -0.2) is 4.79 Å². The average Bonchev–Trinajstić information content (AvgIpc) is 2.79. The Kier molecular flexibility index (Phi) is 4.75. The molecule has 132 valence electrons. The fourth-order valence-electron chi connectivity index (χ4n) is 1.89. The number of aromatic nitrogens is 2. The van der Waals surface area contributed by atoms with Gasteiger partial charge >= 0.3 is 12.1 Å². The van der Waals surface area contributed by atoms with Crippen molar-refractivity contribution in [3.05, 3.63) is 46.3 Å². The zero-order valence-electron chi connectivity index (χ0n) is 13.3. The third-order valence-electron chi connectivity index (χ3n) is 3.09. The van der Waals surface area contributed by atoms with E-state index in [9.17, 15) is 23.1 Å². The van der Waals surface area contributed by atoms with Gasteiger partial charge in [-0.2, -0.15) is 4.68 Å². The lowest BCUT2D eigenvalue weighted by Crippen LogP contribution is -2.21. The van der Waals surface area contributed by atoms with E-state index in [1.807, 2.05) is 20.8 Å². The van der Waals surface area contributed by atoms with Crippen LogP contribution in [0.15, 0.2) is 33.5 Å². The van der Waals surface area contributed by atoms with Crippen molar-refractivity contribution in [3.63, 3.8) is 0 Å². The minimum absolute atomic E-state index is 0.183. The van der Waals surface area contributed by atoms with Gasteiger partial charge in [0.1, 0.15) is 5.75 Å². The average molecular weight is 346 g/mol. The molecule has 0 aliphatic carbocycles. The molecule has 6 nitrogen and oxygen atoms in total. The maximum atomic E-state index is 12.1. The number of nitrogens with zero attached hydrogens (tertiary/aromatic N) is 2. The molecule has 9 heteroatoms. The lowest BCUT2D eigenvalue weighted by atomic mass is 9.97. The molecule has 1 N–H and O–H groups in total. The molecule has 24 heavy (non-hydrogen) atoms. The first-order valence-electron chi connectivity index (χ1n) is 7.08. The van der Waals surface area contributed by atoms with Crippen LogP contribution < -0.4 is 10.5 Å². The number of alkyl halides is 3. The summed E-state index contributed by atoms with van der Waals surface area (Å²) < 4.78 is 46.1. The van der Waals surface area contributed by atoms with E-state index in [0.717, 1.165) is 16.8 Å². The second-order valence-corrected chi connectivity index (χ2v) is 6.24. The highest BCUT2D eigenvalue weighted by molar-refractivity contribution is 5.28. The summed E-state index contributed by atoms with van der Waals surface area (Å²) >= 11 is 0. The van der Waals surface area contributed by atoms with Crippen LogP contribution in [-0.4, -0.2) is 21.2 Å². The second-order valence-electron chi connectivity index (χ2n) is 6.24. The highest BCUT2D eigenvalue weighted by atomic mass is 19.4. The summed E-state index contributed by atoms with van der Waals surface area (Å²) in [6, 6.07) is 4.72. The standard InChI is InChI=1S/C15H17F3N2O4/c1-14(2,3)12-19-20(13(22)23-12)8-11(21)9-4-6-10(7-5-9)24-15(16,17)18/h4-7,11,21H,8H2,1-3H3. The molecule has 0 aliphatic heterocycles. The first-order valence-corrected chi connectivity index (χ1v) is 7.08. The summed E-state index contributed by atoms with van der Waals surface area (Å²) in [6.07, 6.45) is -5.92.